The smallest absolute Gasteiger partial charge is 0.387 e. The number of oxazole rings is 1. The summed E-state index contributed by atoms with van der Waals surface area (Å²) in [5.74, 6) is -0.713. The van der Waals surface area contributed by atoms with Crippen molar-refractivity contribution in [3.05, 3.63) is 71.3 Å². The van der Waals surface area contributed by atoms with Crippen LogP contribution < -0.4 is 4.74 Å². The third-order valence-corrected chi connectivity index (χ3v) is 6.71. The number of ether oxygens (including phenoxy) is 1. The normalized spacial score (nSPS) is 15.8. The first-order chi connectivity index (χ1) is 17.9. The van der Waals surface area contributed by atoms with E-state index in [0.717, 1.165) is 16.7 Å². The van der Waals surface area contributed by atoms with Crippen LogP contribution in [0.25, 0.3) is 33.7 Å². The number of carboxylic acids is 1. The van der Waals surface area contributed by atoms with Crippen LogP contribution in [0.3, 0.4) is 0 Å². The van der Waals surface area contributed by atoms with E-state index in [4.69, 9.17) is 9.15 Å². The van der Waals surface area contributed by atoms with Crippen molar-refractivity contribution in [2.45, 2.75) is 39.0 Å². The number of likely N-dealkylation sites (tertiary alicyclic amines) is 1. The first-order valence-electron chi connectivity index (χ1n) is 11.8. The summed E-state index contributed by atoms with van der Waals surface area (Å²) in [5.41, 5.74) is 4.86. The van der Waals surface area contributed by atoms with E-state index in [1.165, 1.54) is 6.07 Å². The highest BCUT2D eigenvalue weighted by Gasteiger charge is 2.31. The molecule has 0 radical (unpaired) electrons. The number of aromatic nitrogens is 1. The van der Waals surface area contributed by atoms with E-state index in [0.29, 0.717) is 47.5 Å². The number of hydrogen-bond acceptors (Lipinski definition) is 6. The van der Waals surface area contributed by atoms with Crippen molar-refractivity contribution in [1.82, 2.24) is 9.88 Å². The molecule has 1 fully saturated rings. The van der Waals surface area contributed by atoms with Crippen molar-refractivity contribution >= 4 is 17.1 Å². The summed E-state index contributed by atoms with van der Waals surface area (Å²) in [6, 6.07) is 17.4. The van der Waals surface area contributed by atoms with Crippen molar-refractivity contribution < 1.29 is 27.8 Å². The van der Waals surface area contributed by atoms with Gasteiger partial charge in [0, 0.05) is 23.7 Å². The molecule has 0 aliphatic carbocycles. The van der Waals surface area contributed by atoms with Gasteiger partial charge in [0.2, 0.25) is 5.89 Å². The lowest BCUT2D eigenvalue weighted by atomic mass is 9.93. The number of carboxylic acid groups (broad SMARTS) is 1. The van der Waals surface area contributed by atoms with Gasteiger partial charge in [-0.15, -0.1) is 0 Å². The van der Waals surface area contributed by atoms with Crippen LogP contribution in [0.5, 0.6) is 5.75 Å². The molecule has 3 aromatic carbocycles. The minimum Gasteiger partial charge on any atom is -0.480 e. The lowest BCUT2D eigenvalue weighted by Gasteiger charge is -2.22. The summed E-state index contributed by atoms with van der Waals surface area (Å²) in [5, 5.41) is 19.0. The molecule has 1 aromatic heterocycles. The fourth-order valence-electron chi connectivity index (χ4n) is 4.93. The molecule has 188 valence electrons. The minimum absolute atomic E-state index is 0.0744. The molecule has 4 aromatic rings. The number of nitrogens with zero attached hydrogens (tertiary/aromatic N) is 3. The van der Waals surface area contributed by atoms with Crippen LogP contribution in [-0.4, -0.2) is 40.2 Å². The summed E-state index contributed by atoms with van der Waals surface area (Å²) in [6.07, 6.45) is 1.21. The van der Waals surface area contributed by atoms with Gasteiger partial charge >= 0.3 is 12.6 Å². The molecule has 1 aliphatic rings. The van der Waals surface area contributed by atoms with Crippen molar-refractivity contribution in [1.29, 1.82) is 5.26 Å². The Morgan fingerprint density at radius 1 is 1.22 bits per heavy atom. The standard InChI is InChI=1S/C28H23F2N3O4/c1-16-19(21-7-3-2-6-17(21)14-31)8-4-9-20(16)26-32-22-12-18(15-33-11-5-10-23(33)27(34)35)24(37-28(29)30)13-25(22)36-26/h2-4,6-9,12-13,23,28H,5,10-11,15H2,1H3,(H,34,35)/t23-/m0/s1. The fraction of sp³-hybridized carbons (Fsp3) is 0.250. The number of rotatable bonds is 7. The maximum atomic E-state index is 13.2. The van der Waals surface area contributed by atoms with E-state index in [1.807, 2.05) is 37.3 Å². The van der Waals surface area contributed by atoms with Crippen LogP contribution in [0.15, 0.2) is 59.0 Å². The van der Waals surface area contributed by atoms with Crippen LogP contribution in [0.4, 0.5) is 8.78 Å². The van der Waals surface area contributed by atoms with Gasteiger partial charge in [-0.2, -0.15) is 14.0 Å². The van der Waals surface area contributed by atoms with Gasteiger partial charge in [-0.3, -0.25) is 9.69 Å². The number of benzene rings is 3. The molecule has 1 saturated heterocycles. The third kappa shape index (κ3) is 4.76. The molecule has 0 saturated carbocycles. The van der Waals surface area contributed by atoms with Crippen molar-refractivity contribution in [3.63, 3.8) is 0 Å². The predicted octanol–water partition coefficient (Wildman–Crippen LogP) is 5.99. The van der Waals surface area contributed by atoms with E-state index < -0.39 is 18.6 Å². The fourth-order valence-corrected chi connectivity index (χ4v) is 4.93. The summed E-state index contributed by atoms with van der Waals surface area (Å²) in [7, 11) is 0. The lowest BCUT2D eigenvalue weighted by Crippen LogP contribution is -2.35. The number of fused-ring (bicyclic) bond motifs is 1. The van der Waals surface area contributed by atoms with Gasteiger partial charge in [0.25, 0.3) is 0 Å². The first-order valence-corrected chi connectivity index (χ1v) is 11.8. The van der Waals surface area contributed by atoms with Gasteiger partial charge in [0.05, 0.1) is 11.6 Å². The second-order valence-corrected chi connectivity index (χ2v) is 8.93. The van der Waals surface area contributed by atoms with Crippen molar-refractivity contribution in [2.75, 3.05) is 6.54 Å². The molecule has 1 aliphatic heterocycles. The Kier molecular flexibility index (Phi) is 6.59. The molecule has 1 N–H and O–H groups in total. The second kappa shape index (κ2) is 9.99. The predicted molar refractivity (Wildman–Crippen MR) is 132 cm³/mol. The Bertz CT molecular complexity index is 1530. The SMILES string of the molecule is Cc1c(-c2nc3cc(CN4CCC[C@H]4C(=O)O)c(OC(F)F)cc3o2)cccc1-c1ccccc1C#N. The zero-order valence-electron chi connectivity index (χ0n) is 19.9. The molecule has 0 amide bonds. The molecule has 37 heavy (non-hydrogen) atoms. The number of nitriles is 1. The summed E-state index contributed by atoms with van der Waals surface area (Å²) in [4.78, 5) is 18.0. The van der Waals surface area contributed by atoms with Crippen LogP contribution in [-0.2, 0) is 11.3 Å². The van der Waals surface area contributed by atoms with E-state index in [-0.39, 0.29) is 17.9 Å². The molecule has 9 heteroatoms. The Hall–Kier alpha value is -4.29. The number of hydrogen-bond donors (Lipinski definition) is 1. The molecular weight excluding hydrogens is 480 g/mol. The zero-order valence-corrected chi connectivity index (χ0v) is 19.9. The zero-order chi connectivity index (χ0) is 26.1. The van der Waals surface area contributed by atoms with Gasteiger partial charge in [-0.05, 0) is 61.2 Å². The van der Waals surface area contributed by atoms with Gasteiger partial charge in [-0.1, -0.05) is 30.3 Å². The largest absolute Gasteiger partial charge is 0.480 e. The topological polar surface area (TPSA) is 99.6 Å². The summed E-state index contributed by atoms with van der Waals surface area (Å²) >= 11 is 0. The highest BCUT2D eigenvalue weighted by Crippen LogP contribution is 2.36. The van der Waals surface area contributed by atoms with Gasteiger partial charge in [0.1, 0.15) is 17.3 Å². The Balaban J connectivity index is 1.56. The highest BCUT2D eigenvalue weighted by molar-refractivity contribution is 5.83. The van der Waals surface area contributed by atoms with Gasteiger partial charge < -0.3 is 14.3 Å². The van der Waals surface area contributed by atoms with Crippen LogP contribution in [0.1, 0.15) is 29.5 Å². The Morgan fingerprint density at radius 2 is 1.97 bits per heavy atom. The molecule has 7 nitrogen and oxygen atoms in total. The molecule has 1 atom stereocenters. The Morgan fingerprint density at radius 3 is 2.73 bits per heavy atom. The number of carbonyl (C=O) groups is 1. The number of alkyl halides is 2. The Labute approximate surface area is 211 Å². The molecule has 0 spiro atoms. The van der Waals surface area contributed by atoms with Crippen molar-refractivity contribution in [3.8, 4) is 34.4 Å². The monoisotopic (exact) mass is 503 g/mol. The van der Waals surface area contributed by atoms with Crippen LogP contribution in [0, 0.1) is 18.3 Å². The molecule has 2 heterocycles. The average molecular weight is 504 g/mol. The van der Waals surface area contributed by atoms with Gasteiger partial charge in [-0.25, -0.2) is 4.98 Å². The van der Waals surface area contributed by atoms with Crippen molar-refractivity contribution in [2.24, 2.45) is 0 Å². The van der Waals surface area contributed by atoms with Crippen LogP contribution >= 0.6 is 0 Å². The molecular formula is C28H23F2N3O4. The molecule has 0 unspecified atom stereocenters. The average Bonchev–Trinajstić information content (AvgIpc) is 3.51. The van der Waals surface area contributed by atoms with E-state index in [1.54, 1.807) is 23.1 Å². The lowest BCUT2D eigenvalue weighted by molar-refractivity contribution is -0.142. The van der Waals surface area contributed by atoms with E-state index in [2.05, 4.69) is 11.1 Å². The maximum absolute atomic E-state index is 13.2. The second-order valence-electron chi connectivity index (χ2n) is 8.93. The van der Waals surface area contributed by atoms with E-state index in [9.17, 15) is 23.9 Å². The first kappa shape index (κ1) is 24.4. The molecule has 0 bridgehead atoms. The quantitative estimate of drug-likeness (QED) is 0.331. The minimum atomic E-state index is -3.05. The van der Waals surface area contributed by atoms with Gasteiger partial charge in [0.15, 0.2) is 5.58 Å². The molecule has 5 rings (SSSR count). The third-order valence-electron chi connectivity index (χ3n) is 6.71. The maximum Gasteiger partial charge on any atom is 0.387 e. The highest BCUT2D eigenvalue weighted by atomic mass is 19.3. The summed E-state index contributed by atoms with van der Waals surface area (Å²) < 4.78 is 37.2. The number of halogens is 2. The number of aliphatic carboxylic acids is 1. The van der Waals surface area contributed by atoms with Crippen LogP contribution in [0.2, 0.25) is 0 Å². The van der Waals surface area contributed by atoms with E-state index >= 15 is 0 Å². The summed E-state index contributed by atoms with van der Waals surface area (Å²) in [6.45, 7) is -0.462.